The molecule has 0 aliphatic heterocycles. The molecule has 0 radical (unpaired) electrons. The fraction of sp³-hybridized carbons (Fsp3) is 0.160. The average molecular weight is 479 g/mol. The van der Waals surface area contributed by atoms with Gasteiger partial charge in [-0.2, -0.15) is 9.78 Å². The lowest BCUT2D eigenvalue weighted by atomic mass is 10.2. The summed E-state index contributed by atoms with van der Waals surface area (Å²) in [6, 6.07) is 21.7. The Bertz CT molecular complexity index is 1220. The van der Waals surface area contributed by atoms with Gasteiger partial charge < -0.3 is 9.47 Å². The van der Waals surface area contributed by atoms with Crippen molar-refractivity contribution >= 4 is 29.6 Å². The molecule has 1 heterocycles. The molecule has 3 aromatic carbocycles. The maximum absolute atomic E-state index is 5.95. The molecule has 0 aliphatic rings. The van der Waals surface area contributed by atoms with Crippen molar-refractivity contribution in [3.8, 4) is 11.5 Å². The molecule has 6 nitrogen and oxygen atoms in total. The topological polar surface area (TPSA) is 61.5 Å². The lowest BCUT2D eigenvalue weighted by Gasteiger charge is -2.11. The van der Waals surface area contributed by atoms with Gasteiger partial charge in [-0.1, -0.05) is 65.3 Å². The van der Waals surface area contributed by atoms with E-state index in [0.717, 1.165) is 27.5 Å². The van der Waals surface area contributed by atoms with E-state index in [4.69, 9.17) is 21.1 Å². The Balaban J connectivity index is 1.40. The van der Waals surface area contributed by atoms with Crippen LogP contribution in [0.5, 0.6) is 11.5 Å². The van der Waals surface area contributed by atoms with E-state index >= 15 is 0 Å². The Hall–Kier alpha value is -3.29. The first-order valence-electron chi connectivity index (χ1n) is 10.3. The molecular weight excluding hydrogens is 456 g/mol. The third-order valence-corrected chi connectivity index (χ3v) is 6.07. The van der Waals surface area contributed by atoms with Crippen molar-refractivity contribution in [2.24, 2.45) is 5.10 Å². The van der Waals surface area contributed by atoms with Gasteiger partial charge in [-0.25, -0.2) is 0 Å². The van der Waals surface area contributed by atoms with Crippen LogP contribution in [0.4, 0.5) is 0 Å². The van der Waals surface area contributed by atoms with Crippen LogP contribution >= 0.6 is 23.4 Å². The maximum Gasteiger partial charge on any atom is 0.212 e. The van der Waals surface area contributed by atoms with E-state index in [0.29, 0.717) is 23.3 Å². The molecule has 0 amide bonds. The summed E-state index contributed by atoms with van der Waals surface area (Å²) in [5, 5.41) is 14.1. The third kappa shape index (κ3) is 6.37. The molecule has 8 heteroatoms. The van der Waals surface area contributed by atoms with E-state index < -0.39 is 0 Å². The van der Waals surface area contributed by atoms with Gasteiger partial charge >= 0.3 is 0 Å². The fourth-order valence-corrected chi connectivity index (χ4v) is 3.93. The van der Waals surface area contributed by atoms with Gasteiger partial charge in [-0.15, -0.1) is 10.2 Å². The van der Waals surface area contributed by atoms with Gasteiger partial charge in [0.1, 0.15) is 12.9 Å². The first kappa shape index (κ1) is 22.9. The van der Waals surface area contributed by atoms with Crippen molar-refractivity contribution in [3.63, 3.8) is 0 Å². The van der Waals surface area contributed by atoms with Crippen molar-refractivity contribution in [3.05, 3.63) is 100 Å². The van der Waals surface area contributed by atoms with Crippen LogP contribution in [-0.2, 0) is 12.4 Å². The predicted molar refractivity (Wildman–Crippen MR) is 133 cm³/mol. The number of thioether (sulfide) groups is 1. The van der Waals surface area contributed by atoms with E-state index in [9.17, 15) is 0 Å². The minimum atomic E-state index is 0.471. The Morgan fingerprint density at radius 1 is 1.00 bits per heavy atom. The highest BCUT2D eigenvalue weighted by atomic mass is 35.5. The molecule has 4 rings (SSSR count). The quantitative estimate of drug-likeness (QED) is 0.218. The van der Waals surface area contributed by atoms with Crippen LogP contribution in [0.15, 0.2) is 83.3 Å². The molecule has 4 aromatic rings. The van der Waals surface area contributed by atoms with Gasteiger partial charge in [0.15, 0.2) is 11.5 Å². The zero-order valence-electron chi connectivity index (χ0n) is 18.3. The molecule has 168 valence electrons. The third-order valence-electron chi connectivity index (χ3n) is 4.82. The van der Waals surface area contributed by atoms with Gasteiger partial charge in [0.25, 0.3) is 0 Å². The van der Waals surface area contributed by atoms with E-state index in [-0.39, 0.29) is 0 Å². The van der Waals surface area contributed by atoms with Crippen LogP contribution in [0.1, 0.15) is 22.3 Å². The summed E-state index contributed by atoms with van der Waals surface area (Å²) >= 11 is 7.50. The first-order valence-corrected chi connectivity index (χ1v) is 11.6. The highest BCUT2D eigenvalue weighted by Gasteiger charge is 2.07. The Morgan fingerprint density at radius 2 is 1.76 bits per heavy atom. The van der Waals surface area contributed by atoms with E-state index in [1.807, 2.05) is 42.5 Å². The number of benzene rings is 3. The smallest absolute Gasteiger partial charge is 0.212 e. The number of ether oxygens (including phenoxy) is 2. The second kappa shape index (κ2) is 11.0. The number of aryl methyl sites for hydroxylation is 1. The molecule has 33 heavy (non-hydrogen) atoms. The first-order chi connectivity index (χ1) is 16.1. The molecule has 0 spiro atoms. The molecule has 0 bridgehead atoms. The summed E-state index contributed by atoms with van der Waals surface area (Å²) in [5.74, 6) is 2.07. The van der Waals surface area contributed by atoms with Crippen molar-refractivity contribution in [2.75, 3.05) is 7.11 Å². The van der Waals surface area contributed by atoms with Gasteiger partial charge in [-0.3, -0.25) is 0 Å². The summed E-state index contributed by atoms with van der Waals surface area (Å²) in [6.45, 7) is 2.54. The molecule has 1 aromatic heterocycles. The Morgan fingerprint density at radius 3 is 2.52 bits per heavy atom. The minimum Gasteiger partial charge on any atom is -0.493 e. The largest absolute Gasteiger partial charge is 0.493 e. The van der Waals surface area contributed by atoms with Gasteiger partial charge in [-0.05, 0) is 53.9 Å². The highest BCUT2D eigenvalue weighted by Crippen LogP contribution is 2.28. The molecule has 0 aliphatic carbocycles. The summed E-state index contributed by atoms with van der Waals surface area (Å²) in [7, 11) is 1.63. The number of halogens is 1. The molecular formula is C25H23ClN4O2S. The summed E-state index contributed by atoms with van der Waals surface area (Å²) in [5.41, 5.74) is 4.34. The zero-order chi connectivity index (χ0) is 23.0. The van der Waals surface area contributed by atoms with E-state index in [2.05, 4.69) is 46.5 Å². The van der Waals surface area contributed by atoms with Gasteiger partial charge in [0.2, 0.25) is 5.16 Å². The number of hydrogen-bond acceptors (Lipinski definition) is 6. The van der Waals surface area contributed by atoms with Gasteiger partial charge in [0.05, 0.1) is 13.3 Å². The van der Waals surface area contributed by atoms with E-state index in [1.54, 1.807) is 36.1 Å². The summed E-state index contributed by atoms with van der Waals surface area (Å²) in [6.07, 6.45) is 3.32. The van der Waals surface area contributed by atoms with E-state index in [1.165, 1.54) is 5.56 Å². The zero-order valence-corrected chi connectivity index (χ0v) is 19.9. The lowest BCUT2D eigenvalue weighted by Crippen LogP contribution is -1.99. The Kier molecular flexibility index (Phi) is 7.65. The maximum atomic E-state index is 5.95. The molecule has 0 N–H and O–H groups in total. The van der Waals surface area contributed by atoms with Crippen molar-refractivity contribution in [1.82, 2.24) is 14.9 Å². The van der Waals surface area contributed by atoms with Crippen LogP contribution in [0.25, 0.3) is 0 Å². The standard InChI is InChI=1S/C25H23ClN4O2S/c1-18-3-5-19(6-4-18)15-32-23-12-9-21(13-24(23)31-2)14-28-30-17-27-29-25(30)33-16-20-7-10-22(26)11-8-20/h3-14,17H,15-16H2,1-2H3/b28-14+. The predicted octanol–water partition coefficient (Wildman–Crippen LogP) is 6.00. The Labute approximate surface area is 202 Å². The highest BCUT2D eigenvalue weighted by molar-refractivity contribution is 7.98. The number of hydrogen-bond donors (Lipinski definition) is 0. The fourth-order valence-electron chi connectivity index (χ4n) is 2.98. The monoisotopic (exact) mass is 478 g/mol. The van der Waals surface area contributed by atoms with Crippen molar-refractivity contribution in [2.45, 2.75) is 24.4 Å². The molecule has 0 unspecified atom stereocenters. The number of rotatable bonds is 9. The van der Waals surface area contributed by atoms with Crippen LogP contribution in [-0.4, -0.2) is 28.2 Å². The second-order valence-electron chi connectivity index (χ2n) is 7.30. The van der Waals surface area contributed by atoms with Crippen LogP contribution < -0.4 is 9.47 Å². The van der Waals surface area contributed by atoms with Crippen LogP contribution in [0.2, 0.25) is 5.02 Å². The lowest BCUT2D eigenvalue weighted by molar-refractivity contribution is 0.284. The SMILES string of the molecule is COc1cc(/C=N/n2cnnc2SCc2ccc(Cl)cc2)ccc1OCc1ccc(C)cc1. The molecule has 0 saturated heterocycles. The average Bonchev–Trinajstić information content (AvgIpc) is 3.29. The number of aromatic nitrogens is 3. The molecule has 0 fully saturated rings. The van der Waals surface area contributed by atoms with Gasteiger partial charge in [0, 0.05) is 10.8 Å². The minimum absolute atomic E-state index is 0.471. The summed E-state index contributed by atoms with van der Waals surface area (Å²) in [4.78, 5) is 0. The second-order valence-corrected chi connectivity index (χ2v) is 8.68. The normalized spacial score (nSPS) is 11.1. The molecule has 0 atom stereocenters. The molecule has 0 saturated carbocycles. The summed E-state index contributed by atoms with van der Waals surface area (Å²) < 4.78 is 13.1. The van der Waals surface area contributed by atoms with Crippen molar-refractivity contribution in [1.29, 1.82) is 0 Å². The van der Waals surface area contributed by atoms with Crippen LogP contribution in [0, 0.1) is 6.92 Å². The van der Waals surface area contributed by atoms with Crippen LogP contribution in [0.3, 0.4) is 0 Å². The number of methoxy groups -OCH3 is 1. The number of nitrogens with zero attached hydrogens (tertiary/aromatic N) is 4. The van der Waals surface area contributed by atoms with Crippen molar-refractivity contribution < 1.29 is 9.47 Å².